The molecule has 8 nitrogen and oxygen atoms in total. The third kappa shape index (κ3) is 5.40. The first kappa shape index (κ1) is 21.4. The van der Waals surface area contributed by atoms with E-state index in [1.165, 1.54) is 0 Å². The van der Waals surface area contributed by atoms with E-state index in [2.05, 4.69) is 20.4 Å². The minimum atomic E-state index is -0.916. The number of fused-ring (bicyclic) bond motifs is 1. The van der Waals surface area contributed by atoms with Gasteiger partial charge < -0.3 is 14.6 Å². The Morgan fingerprint density at radius 2 is 2.00 bits per heavy atom. The van der Waals surface area contributed by atoms with Gasteiger partial charge in [0.15, 0.2) is 11.9 Å². The zero-order valence-electron chi connectivity index (χ0n) is 17.6. The van der Waals surface area contributed by atoms with Crippen molar-refractivity contribution in [3.05, 3.63) is 48.2 Å². The molecule has 3 rings (SSSR count). The van der Waals surface area contributed by atoms with Crippen LogP contribution in [0.25, 0.3) is 10.9 Å². The van der Waals surface area contributed by atoms with Gasteiger partial charge in [0.25, 0.3) is 5.91 Å². The molecule has 1 unspecified atom stereocenters. The van der Waals surface area contributed by atoms with E-state index in [0.717, 1.165) is 10.9 Å². The number of carbonyl (C=O) groups excluding carboxylic acids is 2. The molecule has 1 N–H and O–H groups in total. The van der Waals surface area contributed by atoms with E-state index in [9.17, 15) is 9.59 Å². The highest BCUT2D eigenvalue weighted by atomic mass is 16.5. The molecule has 0 saturated carbocycles. The summed E-state index contributed by atoms with van der Waals surface area (Å²) in [4.78, 5) is 33.1. The van der Waals surface area contributed by atoms with Crippen LogP contribution in [0.1, 0.15) is 52.3 Å². The summed E-state index contributed by atoms with van der Waals surface area (Å²) in [5.41, 5.74) is 1.21. The number of benzene rings is 1. The molecule has 30 heavy (non-hydrogen) atoms. The molecule has 0 aliphatic carbocycles. The second kappa shape index (κ2) is 9.02. The van der Waals surface area contributed by atoms with Crippen LogP contribution in [0.2, 0.25) is 0 Å². The molecule has 158 valence electrons. The van der Waals surface area contributed by atoms with Crippen molar-refractivity contribution >= 4 is 28.5 Å². The van der Waals surface area contributed by atoms with E-state index in [-0.39, 0.29) is 11.8 Å². The predicted molar refractivity (Wildman–Crippen MR) is 112 cm³/mol. The highest BCUT2D eigenvalue weighted by molar-refractivity contribution is 6.02. The van der Waals surface area contributed by atoms with E-state index in [0.29, 0.717) is 30.2 Å². The van der Waals surface area contributed by atoms with E-state index < -0.39 is 18.0 Å². The van der Waals surface area contributed by atoms with Crippen LogP contribution in [0.3, 0.4) is 0 Å². The zero-order chi connectivity index (χ0) is 21.7. The van der Waals surface area contributed by atoms with Gasteiger partial charge in [0.2, 0.25) is 5.89 Å². The molecule has 1 aromatic carbocycles. The van der Waals surface area contributed by atoms with Crippen molar-refractivity contribution in [3.63, 3.8) is 0 Å². The van der Waals surface area contributed by atoms with Crippen LogP contribution in [0.5, 0.6) is 0 Å². The molecule has 1 amide bonds. The maximum absolute atomic E-state index is 12.4. The Kier molecular flexibility index (Phi) is 6.44. The topological polar surface area (TPSA) is 107 Å². The van der Waals surface area contributed by atoms with Crippen molar-refractivity contribution in [2.24, 2.45) is 0 Å². The molecular formula is C22H26N4O4. The van der Waals surface area contributed by atoms with Crippen molar-refractivity contribution in [3.8, 4) is 0 Å². The molecule has 0 fully saturated rings. The molecule has 0 aliphatic rings. The van der Waals surface area contributed by atoms with Crippen LogP contribution < -0.4 is 5.32 Å². The van der Waals surface area contributed by atoms with Crippen molar-refractivity contribution in [2.75, 3.05) is 5.32 Å². The Labute approximate surface area is 175 Å². The number of pyridine rings is 1. The number of hydrogen-bond donors (Lipinski definition) is 1. The van der Waals surface area contributed by atoms with Gasteiger partial charge in [0.05, 0.1) is 11.2 Å². The van der Waals surface area contributed by atoms with E-state index in [1.54, 1.807) is 25.3 Å². The maximum atomic E-state index is 12.4. The lowest BCUT2D eigenvalue weighted by Crippen LogP contribution is -2.30. The molecule has 0 bridgehead atoms. The fourth-order valence-electron chi connectivity index (χ4n) is 2.80. The first-order valence-electron chi connectivity index (χ1n) is 9.91. The molecule has 0 saturated heterocycles. The number of hydrogen-bond acceptors (Lipinski definition) is 7. The number of aryl methyl sites for hydroxylation is 1. The van der Waals surface area contributed by atoms with Crippen LogP contribution in [0.4, 0.5) is 5.69 Å². The van der Waals surface area contributed by atoms with Crippen molar-refractivity contribution in [2.45, 2.75) is 58.5 Å². The molecule has 3 aromatic rings. The molecule has 2 heterocycles. The summed E-state index contributed by atoms with van der Waals surface area (Å²) in [5.74, 6) is 0.274. The van der Waals surface area contributed by atoms with Crippen molar-refractivity contribution < 1.29 is 18.8 Å². The van der Waals surface area contributed by atoms with E-state index >= 15 is 0 Å². The van der Waals surface area contributed by atoms with E-state index in [1.807, 2.05) is 39.0 Å². The number of ether oxygens (including phenoxy) is 1. The Hall–Kier alpha value is -3.29. The van der Waals surface area contributed by atoms with Gasteiger partial charge in [-0.3, -0.25) is 14.6 Å². The number of rotatable bonds is 7. The third-order valence-electron chi connectivity index (χ3n) is 4.49. The third-order valence-corrected chi connectivity index (χ3v) is 4.49. The minimum Gasteiger partial charge on any atom is -0.453 e. The fourth-order valence-corrected chi connectivity index (χ4v) is 2.80. The molecule has 0 aliphatic heterocycles. The number of anilines is 1. The highest BCUT2D eigenvalue weighted by Gasteiger charge is 2.22. The van der Waals surface area contributed by atoms with Gasteiger partial charge in [-0.1, -0.05) is 32.0 Å². The van der Waals surface area contributed by atoms with Crippen LogP contribution in [0, 0.1) is 0 Å². The molecule has 8 heteroatoms. The number of aromatic nitrogens is 3. The Balaban J connectivity index is 1.48. The molecule has 2 aromatic heterocycles. The molecular weight excluding hydrogens is 384 g/mol. The predicted octanol–water partition coefficient (Wildman–Crippen LogP) is 3.81. The van der Waals surface area contributed by atoms with Crippen LogP contribution in [0.15, 0.2) is 41.1 Å². The lowest BCUT2D eigenvalue weighted by Gasteiger charge is -2.14. The summed E-state index contributed by atoms with van der Waals surface area (Å²) in [6.45, 7) is 7.55. The molecule has 1 atom stereocenters. The van der Waals surface area contributed by atoms with Gasteiger partial charge in [-0.25, -0.2) is 0 Å². The summed E-state index contributed by atoms with van der Waals surface area (Å²) in [6, 6.07) is 9.13. The lowest BCUT2D eigenvalue weighted by atomic mass is 9.96. The van der Waals surface area contributed by atoms with Crippen LogP contribution in [-0.4, -0.2) is 33.1 Å². The Morgan fingerprint density at radius 1 is 1.20 bits per heavy atom. The molecule has 0 radical (unpaired) electrons. The van der Waals surface area contributed by atoms with Gasteiger partial charge >= 0.3 is 5.97 Å². The van der Waals surface area contributed by atoms with Gasteiger partial charge in [0, 0.05) is 29.8 Å². The zero-order valence-corrected chi connectivity index (χ0v) is 17.6. The number of carbonyl (C=O) groups is 2. The Bertz CT molecular complexity index is 1030. The summed E-state index contributed by atoms with van der Waals surface area (Å²) in [5, 5.41) is 7.58. The second-order valence-corrected chi connectivity index (χ2v) is 8.11. The number of nitrogens with one attached hydrogen (secondary N) is 1. The average Bonchev–Trinajstić information content (AvgIpc) is 3.17. The normalized spacial score (nSPS) is 12.5. The highest BCUT2D eigenvalue weighted by Crippen LogP contribution is 2.22. The fraction of sp³-hybridized carbons (Fsp3) is 0.409. The second-order valence-electron chi connectivity index (χ2n) is 8.11. The van der Waals surface area contributed by atoms with Crippen molar-refractivity contribution in [1.29, 1.82) is 0 Å². The average molecular weight is 410 g/mol. The number of amides is 1. The van der Waals surface area contributed by atoms with Gasteiger partial charge in [-0.05, 0) is 37.6 Å². The molecule has 0 spiro atoms. The summed E-state index contributed by atoms with van der Waals surface area (Å²) in [7, 11) is 0. The smallest absolute Gasteiger partial charge is 0.306 e. The van der Waals surface area contributed by atoms with Gasteiger partial charge in [-0.15, -0.1) is 0 Å². The summed E-state index contributed by atoms with van der Waals surface area (Å²) in [6.07, 6.45) is 1.90. The monoisotopic (exact) mass is 410 g/mol. The first-order valence-corrected chi connectivity index (χ1v) is 9.91. The van der Waals surface area contributed by atoms with Crippen LogP contribution >= 0.6 is 0 Å². The van der Waals surface area contributed by atoms with E-state index in [4.69, 9.17) is 9.26 Å². The quantitative estimate of drug-likeness (QED) is 0.590. The van der Waals surface area contributed by atoms with Gasteiger partial charge in [0.1, 0.15) is 0 Å². The number of esters is 1. The standard InChI is InChI=1S/C22H26N4O4/c1-14(20(28)24-17-10-5-9-16-15(17)8-7-13-23-16)29-19(27)12-6-11-18-25-21(26-30-18)22(2,3)4/h5,7-10,13-14H,6,11-12H2,1-4H3,(H,24,28). The first-order chi connectivity index (χ1) is 14.2. The Morgan fingerprint density at radius 3 is 2.73 bits per heavy atom. The van der Waals surface area contributed by atoms with Crippen LogP contribution in [-0.2, 0) is 26.2 Å². The largest absolute Gasteiger partial charge is 0.453 e. The summed E-state index contributed by atoms with van der Waals surface area (Å²) < 4.78 is 10.5. The summed E-state index contributed by atoms with van der Waals surface area (Å²) >= 11 is 0. The SMILES string of the molecule is CC(OC(=O)CCCc1nc(C(C)(C)C)no1)C(=O)Nc1cccc2ncccc12. The van der Waals surface area contributed by atoms with Gasteiger partial charge in [-0.2, -0.15) is 4.98 Å². The minimum absolute atomic E-state index is 0.156. The lowest BCUT2D eigenvalue weighted by molar-refractivity contribution is -0.153. The maximum Gasteiger partial charge on any atom is 0.306 e. The number of nitrogens with zero attached hydrogens (tertiary/aromatic N) is 3. The van der Waals surface area contributed by atoms with Crippen molar-refractivity contribution in [1.82, 2.24) is 15.1 Å².